The number of aryl methyl sites for hydroxylation is 3. The van der Waals surface area contributed by atoms with Gasteiger partial charge in [0.2, 0.25) is 0 Å². The minimum absolute atomic E-state index is 0.516. The Bertz CT molecular complexity index is 1310. The van der Waals surface area contributed by atoms with Crippen LogP contribution >= 0.6 is 11.3 Å². The molecule has 0 aliphatic heterocycles. The molecule has 0 fully saturated rings. The van der Waals surface area contributed by atoms with Gasteiger partial charge in [-0.2, -0.15) is 5.10 Å². The van der Waals surface area contributed by atoms with Crippen LogP contribution in [0.5, 0.6) is 0 Å². The minimum Gasteiger partial charge on any atom is -0.382 e. The third kappa shape index (κ3) is 2.35. The Morgan fingerprint density at radius 3 is 2.63 bits per heavy atom. The number of benzene rings is 2. The van der Waals surface area contributed by atoms with Crippen molar-refractivity contribution in [3.8, 4) is 16.5 Å². The number of rotatable bonds is 2. The molecule has 3 heterocycles. The number of nitrogens with zero attached hydrogens (tertiary/aromatic N) is 4. The first-order chi connectivity index (χ1) is 13.0. The zero-order valence-corrected chi connectivity index (χ0v) is 16.1. The van der Waals surface area contributed by atoms with Crippen molar-refractivity contribution in [3.05, 3.63) is 52.5 Å². The molecule has 0 atom stereocenters. The fourth-order valence-electron chi connectivity index (χ4n) is 3.48. The van der Waals surface area contributed by atoms with Gasteiger partial charge in [-0.1, -0.05) is 0 Å². The summed E-state index contributed by atoms with van der Waals surface area (Å²) in [5.74, 6) is 1.36. The molecular formula is C20H18N6S. The van der Waals surface area contributed by atoms with Crippen LogP contribution < -0.4 is 5.73 Å². The van der Waals surface area contributed by atoms with Crippen LogP contribution in [0.1, 0.15) is 16.7 Å². The highest BCUT2D eigenvalue weighted by Crippen LogP contribution is 2.34. The number of anilines is 1. The molecule has 6 nitrogen and oxygen atoms in total. The van der Waals surface area contributed by atoms with Gasteiger partial charge in [-0.05, 0) is 61.7 Å². The van der Waals surface area contributed by atoms with Crippen LogP contribution in [-0.2, 0) is 0 Å². The average molecular weight is 374 g/mol. The first kappa shape index (κ1) is 16.0. The quantitative estimate of drug-likeness (QED) is 0.475. The largest absolute Gasteiger partial charge is 0.382 e. The molecule has 0 aliphatic carbocycles. The number of nitrogens with two attached hydrogens (primary N) is 1. The third-order valence-electron chi connectivity index (χ3n) is 5.04. The molecule has 134 valence electrons. The minimum atomic E-state index is 0.516. The highest BCUT2D eigenvalue weighted by molar-refractivity contribution is 7.13. The topological polar surface area (TPSA) is 85.4 Å². The van der Waals surface area contributed by atoms with Crippen LogP contribution in [0.2, 0.25) is 0 Å². The van der Waals surface area contributed by atoms with E-state index < -0.39 is 0 Å². The Balaban J connectivity index is 1.90. The Hall–Kier alpha value is -3.19. The highest BCUT2D eigenvalue weighted by Gasteiger charge is 2.19. The molecule has 0 amide bonds. The first-order valence-electron chi connectivity index (χ1n) is 8.67. The van der Waals surface area contributed by atoms with Gasteiger partial charge in [0.25, 0.3) is 0 Å². The van der Waals surface area contributed by atoms with Gasteiger partial charge in [0, 0.05) is 17.0 Å². The lowest BCUT2D eigenvalue weighted by molar-refractivity contribution is 1.07. The Morgan fingerprint density at radius 2 is 1.85 bits per heavy atom. The van der Waals surface area contributed by atoms with Crippen molar-refractivity contribution >= 4 is 39.1 Å². The van der Waals surface area contributed by atoms with Crippen LogP contribution in [-0.4, -0.2) is 24.7 Å². The molecule has 0 aliphatic rings. The lowest BCUT2D eigenvalue weighted by Gasteiger charge is -2.12. The fraction of sp³-hybridized carbons (Fsp3) is 0.150. The summed E-state index contributed by atoms with van der Waals surface area (Å²) in [5, 5.41) is 11.0. The number of H-pyrrole nitrogens is 1. The Morgan fingerprint density at radius 1 is 1.04 bits per heavy atom. The summed E-state index contributed by atoms with van der Waals surface area (Å²) in [6, 6.07) is 8.49. The van der Waals surface area contributed by atoms with E-state index in [0.717, 1.165) is 44.0 Å². The van der Waals surface area contributed by atoms with Crippen molar-refractivity contribution in [1.82, 2.24) is 24.7 Å². The highest BCUT2D eigenvalue weighted by atomic mass is 32.1. The van der Waals surface area contributed by atoms with E-state index in [1.807, 2.05) is 11.6 Å². The number of hydrogen-bond donors (Lipinski definition) is 2. The molecule has 2 aromatic carbocycles. The molecule has 7 heteroatoms. The van der Waals surface area contributed by atoms with Crippen molar-refractivity contribution < 1.29 is 0 Å². The Kier molecular flexibility index (Phi) is 3.35. The summed E-state index contributed by atoms with van der Waals surface area (Å²) < 4.78 is 2.19. The molecule has 0 spiro atoms. The van der Waals surface area contributed by atoms with Crippen molar-refractivity contribution in [3.63, 3.8) is 0 Å². The van der Waals surface area contributed by atoms with E-state index in [0.29, 0.717) is 5.82 Å². The molecule has 0 bridgehead atoms. The zero-order valence-electron chi connectivity index (χ0n) is 15.2. The SMILES string of the molecule is Cc1cc2nc(-c3nccs3)n(-c3cc4[nH]nc(N)c4cc3C)c2cc1C. The smallest absolute Gasteiger partial charge is 0.174 e. The van der Waals surface area contributed by atoms with Crippen LogP contribution in [0.15, 0.2) is 35.8 Å². The van der Waals surface area contributed by atoms with Crippen LogP contribution in [0.3, 0.4) is 0 Å². The third-order valence-corrected chi connectivity index (χ3v) is 5.81. The molecule has 0 unspecified atom stereocenters. The standard InChI is InChI=1S/C20H18N6S/c1-10-7-15-17(8-11(10)2)26(19(23-15)20-22-4-5-27-20)16-9-14-13(6-12(16)3)18(21)25-24-14/h4-9H,1-3H3,(H3,21,24,25). The van der Waals surface area contributed by atoms with Crippen molar-refractivity contribution in [2.24, 2.45) is 0 Å². The number of hydrogen-bond acceptors (Lipinski definition) is 5. The van der Waals surface area contributed by atoms with E-state index in [2.05, 4.69) is 64.8 Å². The van der Waals surface area contributed by atoms with Gasteiger partial charge >= 0.3 is 0 Å². The van der Waals surface area contributed by atoms with Crippen LogP contribution in [0.25, 0.3) is 38.5 Å². The number of imidazole rings is 1. The average Bonchev–Trinajstić information content (AvgIpc) is 3.35. The number of thiazole rings is 1. The van der Waals surface area contributed by atoms with Crippen molar-refractivity contribution in [1.29, 1.82) is 0 Å². The number of aromatic amines is 1. The molecule has 0 radical (unpaired) electrons. The maximum Gasteiger partial charge on any atom is 0.174 e. The fourth-order valence-corrected chi connectivity index (χ4v) is 4.09. The van der Waals surface area contributed by atoms with Gasteiger partial charge in [-0.25, -0.2) is 9.97 Å². The number of fused-ring (bicyclic) bond motifs is 2. The lowest BCUT2D eigenvalue weighted by Crippen LogP contribution is -2.00. The molecular weight excluding hydrogens is 356 g/mol. The van der Waals surface area contributed by atoms with Gasteiger partial charge < -0.3 is 5.73 Å². The molecule has 3 N–H and O–H groups in total. The first-order valence-corrected chi connectivity index (χ1v) is 9.55. The van der Waals surface area contributed by atoms with E-state index in [9.17, 15) is 0 Å². The zero-order chi connectivity index (χ0) is 18.7. The van der Waals surface area contributed by atoms with E-state index in [1.165, 1.54) is 11.1 Å². The second-order valence-corrected chi connectivity index (χ2v) is 7.72. The maximum atomic E-state index is 5.98. The predicted octanol–water partition coefficient (Wildman–Crippen LogP) is 4.53. The summed E-state index contributed by atoms with van der Waals surface area (Å²) in [7, 11) is 0. The van der Waals surface area contributed by atoms with Crippen molar-refractivity contribution in [2.45, 2.75) is 20.8 Å². The number of nitrogens with one attached hydrogen (secondary N) is 1. The van der Waals surface area contributed by atoms with Gasteiger partial charge in [-0.15, -0.1) is 11.3 Å². The number of aromatic nitrogens is 5. The summed E-state index contributed by atoms with van der Waals surface area (Å²) in [6.07, 6.45) is 1.81. The lowest BCUT2D eigenvalue weighted by atomic mass is 10.1. The summed E-state index contributed by atoms with van der Waals surface area (Å²) in [6.45, 7) is 6.32. The van der Waals surface area contributed by atoms with Gasteiger partial charge in [0.1, 0.15) is 0 Å². The summed E-state index contributed by atoms with van der Waals surface area (Å²) in [5.41, 5.74) is 13.5. The summed E-state index contributed by atoms with van der Waals surface area (Å²) in [4.78, 5) is 9.42. The Labute approximate surface area is 159 Å². The molecule has 27 heavy (non-hydrogen) atoms. The molecule has 3 aromatic heterocycles. The predicted molar refractivity (Wildman–Crippen MR) is 110 cm³/mol. The van der Waals surface area contributed by atoms with Gasteiger partial charge in [0.05, 0.1) is 22.2 Å². The van der Waals surface area contributed by atoms with E-state index >= 15 is 0 Å². The van der Waals surface area contributed by atoms with E-state index in [4.69, 9.17) is 10.7 Å². The van der Waals surface area contributed by atoms with E-state index in [1.54, 1.807) is 11.3 Å². The second kappa shape index (κ2) is 5.65. The van der Waals surface area contributed by atoms with Crippen LogP contribution in [0.4, 0.5) is 5.82 Å². The van der Waals surface area contributed by atoms with Crippen molar-refractivity contribution in [2.75, 3.05) is 5.73 Å². The molecule has 5 aromatic rings. The number of nitrogen functional groups attached to an aromatic ring is 1. The monoisotopic (exact) mass is 374 g/mol. The molecule has 0 saturated carbocycles. The van der Waals surface area contributed by atoms with Crippen LogP contribution in [0, 0.1) is 20.8 Å². The van der Waals surface area contributed by atoms with E-state index in [-0.39, 0.29) is 0 Å². The molecule has 5 rings (SSSR count). The molecule has 0 saturated heterocycles. The van der Waals surface area contributed by atoms with Gasteiger partial charge in [-0.3, -0.25) is 9.67 Å². The second-order valence-electron chi connectivity index (χ2n) is 6.83. The maximum absolute atomic E-state index is 5.98. The summed E-state index contributed by atoms with van der Waals surface area (Å²) >= 11 is 1.59. The van der Waals surface area contributed by atoms with Gasteiger partial charge in [0.15, 0.2) is 16.6 Å². The normalized spacial score (nSPS) is 11.7.